The Morgan fingerprint density at radius 1 is 1.15 bits per heavy atom. The van der Waals surface area contributed by atoms with Crippen LogP contribution >= 0.6 is 0 Å². The Bertz CT molecular complexity index is 468. The topological polar surface area (TPSA) is 46.9 Å². The fraction of sp³-hybridized carbons (Fsp3) is 0.750. The molecule has 2 aliphatic rings. The standard InChI is InChI=1S/C16H25N3O/c1-12-11-15(19(18-12)14-9-5-6-10-14)17-16(20)13-7-3-2-4-8-13/h11,13-14H,2-10H2,1H3,(H,17,20). The maximum Gasteiger partial charge on any atom is 0.228 e. The molecule has 0 atom stereocenters. The Hall–Kier alpha value is -1.32. The molecule has 2 saturated carbocycles. The number of aryl methyl sites for hydroxylation is 1. The van der Waals surface area contributed by atoms with Gasteiger partial charge in [0.05, 0.1) is 11.7 Å². The number of aromatic nitrogens is 2. The van der Waals surface area contributed by atoms with E-state index in [1.807, 2.05) is 13.0 Å². The van der Waals surface area contributed by atoms with E-state index in [4.69, 9.17) is 0 Å². The van der Waals surface area contributed by atoms with Gasteiger partial charge in [0.2, 0.25) is 5.91 Å². The van der Waals surface area contributed by atoms with Gasteiger partial charge in [-0.15, -0.1) is 0 Å². The average molecular weight is 275 g/mol. The second-order valence-electron chi connectivity index (χ2n) is 6.38. The van der Waals surface area contributed by atoms with Crippen LogP contribution in [0, 0.1) is 12.8 Å². The highest BCUT2D eigenvalue weighted by Gasteiger charge is 2.25. The number of amides is 1. The van der Waals surface area contributed by atoms with Crippen molar-refractivity contribution < 1.29 is 4.79 Å². The molecular weight excluding hydrogens is 250 g/mol. The molecular formula is C16H25N3O. The molecule has 1 aromatic rings. The average Bonchev–Trinajstić information content (AvgIpc) is 3.09. The monoisotopic (exact) mass is 275 g/mol. The van der Waals surface area contributed by atoms with Crippen LogP contribution in [0.1, 0.15) is 69.5 Å². The molecule has 0 unspecified atom stereocenters. The van der Waals surface area contributed by atoms with Gasteiger partial charge in [0, 0.05) is 12.0 Å². The summed E-state index contributed by atoms with van der Waals surface area (Å²) in [6.07, 6.45) is 10.7. The Kier molecular flexibility index (Phi) is 4.08. The van der Waals surface area contributed by atoms with Gasteiger partial charge < -0.3 is 5.32 Å². The van der Waals surface area contributed by atoms with Crippen molar-refractivity contribution in [2.75, 3.05) is 5.32 Å². The first kappa shape index (κ1) is 13.7. The maximum absolute atomic E-state index is 12.4. The lowest BCUT2D eigenvalue weighted by Crippen LogP contribution is -2.26. The van der Waals surface area contributed by atoms with Crippen molar-refractivity contribution in [1.29, 1.82) is 0 Å². The summed E-state index contributed by atoms with van der Waals surface area (Å²) in [7, 11) is 0. The van der Waals surface area contributed by atoms with Gasteiger partial charge in [0.15, 0.2) is 0 Å². The number of hydrogen-bond donors (Lipinski definition) is 1. The highest BCUT2D eigenvalue weighted by atomic mass is 16.2. The zero-order valence-electron chi connectivity index (χ0n) is 12.4. The molecule has 1 aromatic heterocycles. The molecule has 2 aliphatic carbocycles. The van der Waals surface area contributed by atoms with Crippen LogP contribution in [0.2, 0.25) is 0 Å². The van der Waals surface area contributed by atoms with Crippen LogP contribution < -0.4 is 5.32 Å². The molecule has 3 rings (SSSR count). The number of carbonyl (C=O) groups is 1. The van der Waals surface area contributed by atoms with Gasteiger partial charge in [0.25, 0.3) is 0 Å². The summed E-state index contributed by atoms with van der Waals surface area (Å²) >= 11 is 0. The minimum absolute atomic E-state index is 0.198. The zero-order valence-corrected chi connectivity index (χ0v) is 12.4. The molecule has 4 nitrogen and oxygen atoms in total. The second kappa shape index (κ2) is 5.98. The van der Waals surface area contributed by atoms with Crippen LogP contribution in [-0.4, -0.2) is 15.7 Å². The molecule has 0 spiro atoms. The highest BCUT2D eigenvalue weighted by molar-refractivity contribution is 5.91. The van der Waals surface area contributed by atoms with Gasteiger partial charge in [-0.2, -0.15) is 5.10 Å². The third-order valence-electron chi connectivity index (χ3n) is 4.76. The van der Waals surface area contributed by atoms with Crippen molar-refractivity contribution in [3.8, 4) is 0 Å². The predicted molar refractivity (Wildman–Crippen MR) is 79.7 cm³/mol. The minimum atomic E-state index is 0.198. The van der Waals surface area contributed by atoms with Gasteiger partial charge >= 0.3 is 0 Å². The quantitative estimate of drug-likeness (QED) is 0.911. The summed E-state index contributed by atoms with van der Waals surface area (Å²) in [5.41, 5.74) is 0.996. The summed E-state index contributed by atoms with van der Waals surface area (Å²) in [6, 6.07) is 2.49. The minimum Gasteiger partial charge on any atom is -0.311 e. The van der Waals surface area contributed by atoms with Gasteiger partial charge in [-0.25, -0.2) is 4.68 Å². The molecule has 4 heteroatoms. The summed E-state index contributed by atoms with van der Waals surface area (Å²) in [5, 5.41) is 7.73. The lowest BCUT2D eigenvalue weighted by Gasteiger charge is -2.21. The Balaban J connectivity index is 1.71. The molecule has 1 heterocycles. The van der Waals surface area contributed by atoms with Crippen molar-refractivity contribution in [2.45, 2.75) is 70.8 Å². The highest BCUT2D eigenvalue weighted by Crippen LogP contribution is 2.32. The van der Waals surface area contributed by atoms with Crippen LogP contribution in [0.4, 0.5) is 5.82 Å². The largest absolute Gasteiger partial charge is 0.311 e. The number of hydrogen-bond acceptors (Lipinski definition) is 2. The van der Waals surface area contributed by atoms with E-state index in [2.05, 4.69) is 15.1 Å². The van der Waals surface area contributed by atoms with Crippen molar-refractivity contribution in [2.24, 2.45) is 5.92 Å². The van der Waals surface area contributed by atoms with E-state index in [0.29, 0.717) is 6.04 Å². The van der Waals surface area contributed by atoms with Crippen LogP contribution in [0.15, 0.2) is 6.07 Å². The van der Waals surface area contributed by atoms with Crippen molar-refractivity contribution >= 4 is 11.7 Å². The number of rotatable bonds is 3. The third kappa shape index (κ3) is 2.89. The first-order chi connectivity index (χ1) is 9.74. The first-order valence-electron chi connectivity index (χ1n) is 8.11. The Morgan fingerprint density at radius 2 is 1.80 bits per heavy atom. The van der Waals surface area contributed by atoms with Crippen molar-refractivity contribution in [3.05, 3.63) is 11.8 Å². The van der Waals surface area contributed by atoms with E-state index in [-0.39, 0.29) is 11.8 Å². The van der Waals surface area contributed by atoms with E-state index in [1.54, 1.807) is 0 Å². The number of anilines is 1. The molecule has 0 radical (unpaired) electrons. The molecule has 0 bridgehead atoms. The normalized spacial score (nSPS) is 21.2. The van der Waals surface area contributed by atoms with Crippen LogP contribution in [0.25, 0.3) is 0 Å². The van der Waals surface area contributed by atoms with Crippen LogP contribution in [-0.2, 0) is 4.79 Å². The Labute approximate surface area is 120 Å². The summed E-state index contributed by atoms with van der Waals surface area (Å²) in [6.45, 7) is 2.00. The fourth-order valence-corrected chi connectivity index (χ4v) is 3.63. The maximum atomic E-state index is 12.4. The summed E-state index contributed by atoms with van der Waals surface area (Å²) < 4.78 is 2.06. The number of nitrogens with one attached hydrogen (secondary N) is 1. The van der Waals surface area contributed by atoms with Gasteiger partial charge in [0.1, 0.15) is 5.82 Å². The molecule has 110 valence electrons. The van der Waals surface area contributed by atoms with Crippen LogP contribution in [0.5, 0.6) is 0 Å². The van der Waals surface area contributed by atoms with Gasteiger partial charge in [-0.05, 0) is 32.6 Å². The molecule has 20 heavy (non-hydrogen) atoms. The van der Waals surface area contributed by atoms with E-state index in [9.17, 15) is 4.79 Å². The number of nitrogens with zero attached hydrogens (tertiary/aromatic N) is 2. The first-order valence-corrected chi connectivity index (χ1v) is 8.11. The van der Waals surface area contributed by atoms with Gasteiger partial charge in [-0.3, -0.25) is 4.79 Å². The second-order valence-corrected chi connectivity index (χ2v) is 6.38. The smallest absolute Gasteiger partial charge is 0.228 e. The molecule has 0 aromatic carbocycles. The van der Waals surface area contributed by atoms with E-state index in [1.165, 1.54) is 44.9 Å². The molecule has 2 fully saturated rings. The fourth-order valence-electron chi connectivity index (χ4n) is 3.63. The Morgan fingerprint density at radius 3 is 2.50 bits per heavy atom. The molecule has 0 saturated heterocycles. The number of carbonyl (C=O) groups excluding carboxylic acids is 1. The summed E-state index contributed by atoms with van der Waals surface area (Å²) in [5.74, 6) is 1.31. The lowest BCUT2D eigenvalue weighted by molar-refractivity contribution is -0.120. The van der Waals surface area contributed by atoms with Crippen molar-refractivity contribution in [3.63, 3.8) is 0 Å². The molecule has 1 amide bonds. The van der Waals surface area contributed by atoms with E-state index < -0.39 is 0 Å². The molecule has 1 N–H and O–H groups in total. The SMILES string of the molecule is Cc1cc(NC(=O)C2CCCCC2)n(C2CCCC2)n1. The van der Waals surface area contributed by atoms with E-state index >= 15 is 0 Å². The summed E-state index contributed by atoms with van der Waals surface area (Å²) in [4.78, 5) is 12.4. The third-order valence-corrected chi connectivity index (χ3v) is 4.76. The van der Waals surface area contributed by atoms with Crippen molar-refractivity contribution in [1.82, 2.24) is 9.78 Å². The molecule has 0 aliphatic heterocycles. The predicted octanol–water partition coefficient (Wildman–Crippen LogP) is 3.83. The van der Waals surface area contributed by atoms with E-state index in [0.717, 1.165) is 24.4 Å². The zero-order chi connectivity index (χ0) is 13.9. The lowest BCUT2D eigenvalue weighted by atomic mass is 9.89. The van der Waals surface area contributed by atoms with Gasteiger partial charge in [-0.1, -0.05) is 32.1 Å². The van der Waals surface area contributed by atoms with Crippen LogP contribution in [0.3, 0.4) is 0 Å².